The fourth-order valence-electron chi connectivity index (χ4n) is 3.80. The van der Waals surface area contributed by atoms with Gasteiger partial charge in [-0.25, -0.2) is 12.4 Å². The van der Waals surface area contributed by atoms with Crippen molar-refractivity contribution in [2.45, 2.75) is 44.2 Å². The molecule has 0 aliphatic rings. The summed E-state index contributed by atoms with van der Waals surface area (Å²) < 4.78 is 28.4. The summed E-state index contributed by atoms with van der Waals surface area (Å²) in [5.74, 6) is 0. The zero-order chi connectivity index (χ0) is 20.6. The minimum atomic E-state index is -3.79. The molecule has 6 heteroatoms. The maximum atomic E-state index is 13.6. The molecule has 148 valence electrons. The average Bonchev–Trinajstić information content (AvgIpc) is 2.99. The van der Waals surface area contributed by atoms with Gasteiger partial charge in [-0.15, -0.1) is 6.58 Å². The maximum absolute atomic E-state index is 13.6. The van der Waals surface area contributed by atoms with E-state index in [-0.39, 0.29) is 0 Å². The number of aromatic nitrogens is 1. The molecule has 0 spiro atoms. The third kappa shape index (κ3) is 3.51. The Balaban J connectivity index is 2.20. The lowest BCUT2D eigenvalue weighted by Gasteiger charge is -2.15. The van der Waals surface area contributed by atoms with Crippen LogP contribution in [0.3, 0.4) is 0 Å². The number of nitrogens with zero attached hydrogens (tertiary/aromatic N) is 1. The fraction of sp³-hybridized carbons (Fsp3) is 0.273. The third-order valence-corrected chi connectivity index (χ3v) is 7.00. The smallest absolute Gasteiger partial charge is 0.268 e. The highest BCUT2D eigenvalue weighted by atomic mass is 32.2. The molecule has 2 aromatic carbocycles. The van der Waals surface area contributed by atoms with Crippen LogP contribution in [0.15, 0.2) is 60.1 Å². The van der Waals surface area contributed by atoms with E-state index in [0.717, 1.165) is 27.6 Å². The Morgan fingerprint density at radius 1 is 1.18 bits per heavy atom. The SMILES string of the molecule is C=C[C@@H](O)[C@@H](N)Cc1cn(S(=O)(=O)c2c(C)cc(C)cc2C)c2ccccc12. The molecule has 28 heavy (non-hydrogen) atoms. The zero-order valence-corrected chi connectivity index (χ0v) is 17.2. The highest BCUT2D eigenvalue weighted by Gasteiger charge is 2.26. The van der Waals surface area contributed by atoms with Crippen LogP contribution in [0.1, 0.15) is 22.3 Å². The first-order valence-corrected chi connectivity index (χ1v) is 10.6. The topological polar surface area (TPSA) is 85.3 Å². The van der Waals surface area contributed by atoms with Gasteiger partial charge in [0, 0.05) is 17.6 Å². The number of aliphatic hydroxyl groups excluding tert-OH is 1. The molecule has 3 aromatic rings. The molecule has 0 bridgehead atoms. The molecule has 0 saturated heterocycles. The number of rotatable bonds is 6. The number of para-hydroxylation sites is 1. The predicted octanol–water partition coefficient (Wildman–Crippen LogP) is 3.22. The largest absolute Gasteiger partial charge is 0.387 e. The Morgan fingerprint density at radius 3 is 2.39 bits per heavy atom. The van der Waals surface area contributed by atoms with Gasteiger partial charge in [0.05, 0.1) is 16.5 Å². The Kier molecular flexibility index (Phi) is 5.48. The lowest BCUT2D eigenvalue weighted by atomic mass is 10.0. The second-order valence-corrected chi connectivity index (χ2v) is 9.05. The van der Waals surface area contributed by atoms with Crippen molar-refractivity contribution in [2.24, 2.45) is 5.73 Å². The van der Waals surface area contributed by atoms with Crippen LogP contribution in [0.2, 0.25) is 0 Å². The van der Waals surface area contributed by atoms with Crippen molar-refractivity contribution in [3.8, 4) is 0 Å². The molecule has 0 aliphatic heterocycles. The van der Waals surface area contributed by atoms with Crippen LogP contribution in [0.25, 0.3) is 10.9 Å². The Morgan fingerprint density at radius 2 is 1.79 bits per heavy atom. The predicted molar refractivity (Wildman–Crippen MR) is 113 cm³/mol. The van der Waals surface area contributed by atoms with Crippen LogP contribution in [-0.4, -0.2) is 29.6 Å². The number of nitrogens with two attached hydrogens (primary N) is 1. The van der Waals surface area contributed by atoms with Gasteiger partial charge >= 0.3 is 0 Å². The highest BCUT2D eigenvalue weighted by Crippen LogP contribution is 2.30. The fourth-order valence-corrected chi connectivity index (χ4v) is 5.61. The van der Waals surface area contributed by atoms with E-state index in [1.54, 1.807) is 12.3 Å². The Hall–Kier alpha value is -2.41. The molecular formula is C22H26N2O3S. The van der Waals surface area contributed by atoms with Crippen molar-refractivity contribution in [1.82, 2.24) is 3.97 Å². The summed E-state index contributed by atoms with van der Waals surface area (Å²) in [6, 6.07) is 10.5. The highest BCUT2D eigenvalue weighted by molar-refractivity contribution is 7.90. The van der Waals surface area contributed by atoms with Crippen LogP contribution in [-0.2, 0) is 16.4 Å². The van der Waals surface area contributed by atoms with Gasteiger partial charge in [-0.1, -0.05) is 42.0 Å². The van der Waals surface area contributed by atoms with E-state index in [4.69, 9.17) is 5.73 Å². The monoisotopic (exact) mass is 398 g/mol. The van der Waals surface area contributed by atoms with Gasteiger partial charge < -0.3 is 10.8 Å². The van der Waals surface area contributed by atoms with E-state index in [2.05, 4.69) is 6.58 Å². The molecule has 3 rings (SSSR count). The van der Waals surface area contributed by atoms with Crippen molar-refractivity contribution in [3.05, 3.63) is 77.5 Å². The molecular weight excluding hydrogens is 372 g/mol. The summed E-state index contributed by atoms with van der Waals surface area (Å²) >= 11 is 0. The molecule has 5 nitrogen and oxygen atoms in total. The quantitative estimate of drug-likeness (QED) is 0.624. The number of fused-ring (bicyclic) bond motifs is 1. The van der Waals surface area contributed by atoms with E-state index >= 15 is 0 Å². The summed E-state index contributed by atoms with van der Waals surface area (Å²) in [4.78, 5) is 0.320. The summed E-state index contributed by atoms with van der Waals surface area (Å²) in [7, 11) is -3.79. The molecule has 0 aliphatic carbocycles. The number of aryl methyl sites for hydroxylation is 3. The Bertz CT molecular complexity index is 1120. The van der Waals surface area contributed by atoms with E-state index in [0.29, 0.717) is 16.8 Å². The second kappa shape index (κ2) is 7.54. The van der Waals surface area contributed by atoms with Crippen molar-refractivity contribution in [2.75, 3.05) is 0 Å². The summed E-state index contributed by atoms with van der Waals surface area (Å²) in [6.07, 6.45) is 2.48. The summed E-state index contributed by atoms with van der Waals surface area (Å²) in [5.41, 5.74) is 9.89. The first-order chi connectivity index (χ1) is 13.2. The van der Waals surface area contributed by atoms with Crippen LogP contribution >= 0.6 is 0 Å². The third-order valence-electron chi connectivity index (χ3n) is 5.02. The molecule has 2 atom stereocenters. The van der Waals surface area contributed by atoms with Gasteiger partial charge in [0.15, 0.2) is 0 Å². The number of hydrogen-bond acceptors (Lipinski definition) is 4. The van der Waals surface area contributed by atoms with Gasteiger partial charge in [0.2, 0.25) is 0 Å². The van der Waals surface area contributed by atoms with Crippen LogP contribution in [0, 0.1) is 20.8 Å². The molecule has 0 saturated carbocycles. The molecule has 0 fully saturated rings. The van der Waals surface area contributed by atoms with Gasteiger partial charge in [-0.3, -0.25) is 0 Å². The van der Waals surface area contributed by atoms with Gasteiger partial charge in [-0.05, 0) is 49.9 Å². The lowest BCUT2D eigenvalue weighted by Crippen LogP contribution is -2.35. The summed E-state index contributed by atoms with van der Waals surface area (Å²) in [5, 5.41) is 10.7. The minimum Gasteiger partial charge on any atom is -0.387 e. The molecule has 3 N–H and O–H groups in total. The zero-order valence-electron chi connectivity index (χ0n) is 16.4. The molecule has 0 amide bonds. The number of aliphatic hydroxyl groups is 1. The lowest BCUT2D eigenvalue weighted by molar-refractivity contribution is 0.191. The summed E-state index contributed by atoms with van der Waals surface area (Å²) in [6.45, 7) is 9.15. The van der Waals surface area contributed by atoms with Crippen LogP contribution < -0.4 is 5.73 Å². The Labute approximate surface area is 166 Å². The number of hydrogen-bond donors (Lipinski definition) is 2. The second-order valence-electron chi connectivity index (χ2n) is 7.29. The van der Waals surface area contributed by atoms with E-state index < -0.39 is 22.2 Å². The van der Waals surface area contributed by atoms with Gasteiger partial charge in [0.25, 0.3) is 10.0 Å². The van der Waals surface area contributed by atoms with Crippen molar-refractivity contribution in [1.29, 1.82) is 0 Å². The normalized spacial score (nSPS) is 14.2. The van der Waals surface area contributed by atoms with E-state index in [9.17, 15) is 13.5 Å². The standard InChI is InChI=1S/C22H26N2O3S/c1-5-21(25)19(23)12-17-13-24(20-9-7-6-8-18(17)20)28(26,27)22-15(3)10-14(2)11-16(22)4/h5-11,13,19,21,25H,1,12,23H2,2-4H3/t19-,21+/m0/s1. The van der Waals surface area contributed by atoms with Crippen molar-refractivity contribution >= 4 is 20.9 Å². The van der Waals surface area contributed by atoms with E-state index in [1.807, 2.05) is 51.1 Å². The van der Waals surface area contributed by atoms with Gasteiger partial charge in [0.1, 0.15) is 0 Å². The maximum Gasteiger partial charge on any atom is 0.268 e. The van der Waals surface area contributed by atoms with Gasteiger partial charge in [-0.2, -0.15) is 0 Å². The van der Waals surface area contributed by atoms with Crippen molar-refractivity contribution in [3.63, 3.8) is 0 Å². The minimum absolute atomic E-state index is 0.320. The molecule has 0 unspecified atom stereocenters. The average molecular weight is 399 g/mol. The van der Waals surface area contributed by atoms with Crippen LogP contribution in [0.4, 0.5) is 0 Å². The van der Waals surface area contributed by atoms with Crippen molar-refractivity contribution < 1.29 is 13.5 Å². The van der Waals surface area contributed by atoms with E-state index in [1.165, 1.54) is 10.0 Å². The molecule has 1 aromatic heterocycles. The molecule has 0 radical (unpaired) electrons. The number of benzene rings is 2. The first kappa shape index (κ1) is 20.3. The molecule has 1 heterocycles. The van der Waals surface area contributed by atoms with Crippen LogP contribution in [0.5, 0.6) is 0 Å². The first-order valence-electron chi connectivity index (χ1n) is 9.15.